The van der Waals surface area contributed by atoms with Crippen LogP contribution in [0.4, 0.5) is 0 Å². The summed E-state index contributed by atoms with van der Waals surface area (Å²) >= 11 is 5.31. The number of nitrogens with zero attached hydrogens (tertiary/aromatic N) is 6. The number of halogens is 1. The van der Waals surface area contributed by atoms with Crippen LogP contribution in [-0.2, 0) is 6.54 Å². The van der Waals surface area contributed by atoms with Gasteiger partial charge < -0.3 is 0 Å². The van der Waals surface area contributed by atoms with Gasteiger partial charge in [-0.05, 0) is 55.2 Å². The second-order valence-electron chi connectivity index (χ2n) is 6.34. The Hall–Kier alpha value is -1.38. The number of piperidine rings is 1. The predicted molar refractivity (Wildman–Crippen MR) is 97.3 cm³/mol. The van der Waals surface area contributed by atoms with Crippen molar-refractivity contribution in [1.82, 2.24) is 29.5 Å². The maximum Gasteiger partial charge on any atom is 0.252 e. The first-order valence-electron chi connectivity index (χ1n) is 8.11. The molecule has 4 rings (SSSR count). The van der Waals surface area contributed by atoms with E-state index in [0.29, 0.717) is 11.7 Å². The van der Waals surface area contributed by atoms with Gasteiger partial charge >= 0.3 is 0 Å². The lowest BCUT2D eigenvalue weighted by molar-refractivity contribution is 0.197. The number of aromatic nitrogens is 5. The Morgan fingerprint density at radius 2 is 2.21 bits per heavy atom. The quantitative estimate of drug-likeness (QED) is 0.667. The molecule has 126 valence electrons. The molecule has 0 amide bonds. The van der Waals surface area contributed by atoms with Crippen molar-refractivity contribution in [3.8, 4) is 0 Å². The lowest BCUT2D eigenvalue weighted by atomic mass is 9.94. The number of thiazole rings is 1. The van der Waals surface area contributed by atoms with Crippen molar-refractivity contribution < 1.29 is 0 Å². The van der Waals surface area contributed by atoms with E-state index in [4.69, 9.17) is 0 Å². The number of aryl methyl sites for hydroxylation is 2. The van der Waals surface area contributed by atoms with Crippen LogP contribution in [0.5, 0.6) is 0 Å². The molecule has 0 spiro atoms. The average molecular weight is 407 g/mol. The van der Waals surface area contributed by atoms with Crippen LogP contribution in [0.2, 0.25) is 0 Å². The zero-order valence-corrected chi connectivity index (χ0v) is 16.1. The second-order valence-corrected chi connectivity index (χ2v) is 8.74. The molecule has 1 saturated heterocycles. The molecule has 0 aromatic carbocycles. The SMILES string of the molecule is Cc1cc(C2CCCN(Cc3nc(C)c(Br)s3)C2)n2ncnc2n1. The third kappa shape index (κ3) is 3.10. The molecule has 1 aliphatic heterocycles. The van der Waals surface area contributed by atoms with E-state index >= 15 is 0 Å². The van der Waals surface area contributed by atoms with Crippen LogP contribution >= 0.6 is 27.3 Å². The van der Waals surface area contributed by atoms with Gasteiger partial charge in [0.05, 0.1) is 21.7 Å². The second kappa shape index (κ2) is 6.50. The molecule has 0 saturated carbocycles. The highest BCUT2D eigenvalue weighted by Gasteiger charge is 2.25. The first-order valence-corrected chi connectivity index (χ1v) is 9.72. The van der Waals surface area contributed by atoms with Crippen molar-refractivity contribution in [2.75, 3.05) is 13.1 Å². The van der Waals surface area contributed by atoms with Gasteiger partial charge in [-0.15, -0.1) is 11.3 Å². The molecule has 0 radical (unpaired) electrons. The number of hydrogen-bond acceptors (Lipinski definition) is 6. The Balaban J connectivity index is 1.56. The summed E-state index contributed by atoms with van der Waals surface area (Å²) in [6.07, 6.45) is 3.95. The summed E-state index contributed by atoms with van der Waals surface area (Å²) in [7, 11) is 0. The van der Waals surface area contributed by atoms with E-state index in [9.17, 15) is 0 Å². The largest absolute Gasteiger partial charge is 0.296 e. The monoisotopic (exact) mass is 406 g/mol. The fourth-order valence-corrected chi connectivity index (χ4v) is 4.86. The van der Waals surface area contributed by atoms with Gasteiger partial charge in [-0.1, -0.05) is 0 Å². The first kappa shape index (κ1) is 16.1. The molecule has 24 heavy (non-hydrogen) atoms. The number of hydrogen-bond donors (Lipinski definition) is 0. The standard InChI is InChI=1S/C16H19BrN6S/c1-10-6-13(23-16(20-10)18-9-19-23)12-4-3-5-22(7-12)8-14-21-11(2)15(17)24-14/h6,9,12H,3-5,7-8H2,1-2H3. The molecule has 0 aliphatic carbocycles. The van der Waals surface area contributed by atoms with Crippen molar-refractivity contribution in [2.24, 2.45) is 0 Å². The zero-order valence-electron chi connectivity index (χ0n) is 13.7. The van der Waals surface area contributed by atoms with Crippen molar-refractivity contribution in [1.29, 1.82) is 0 Å². The normalized spacial score (nSPS) is 19.2. The maximum atomic E-state index is 4.65. The fraction of sp³-hybridized carbons (Fsp3) is 0.500. The number of fused-ring (bicyclic) bond motifs is 1. The predicted octanol–water partition coefficient (Wildman–Crippen LogP) is 3.34. The first-order chi connectivity index (χ1) is 11.6. The van der Waals surface area contributed by atoms with Crippen LogP contribution in [-0.4, -0.2) is 42.6 Å². The van der Waals surface area contributed by atoms with Crippen LogP contribution in [0.15, 0.2) is 16.2 Å². The fourth-order valence-electron chi connectivity index (χ4n) is 3.38. The summed E-state index contributed by atoms with van der Waals surface area (Å²) in [6, 6.07) is 2.15. The summed E-state index contributed by atoms with van der Waals surface area (Å²) in [5.41, 5.74) is 3.30. The highest BCUT2D eigenvalue weighted by atomic mass is 79.9. The number of likely N-dealkylation sites (tertiary alicyclic amines) is 1. The van der Waals surface area contributed by atoms with Crippen molar-refractivity contribution in [2.45, 2.75) is 39.2 Å². The minimum Gasteiger partial charge on any atom is -0.296 e. The molecule has 4 heterocycles. The summed E-state index contributed by atoms with van der Waals surface area (Å²) in [6.45, 7) is 7.13. The van der Waals surface area contributed by atoms with Crippen LogP contribution in [0.3, 0.4) is 0 Å². The van der Waals surface area contributed by atoms with Gasteiger partial charge in [0.15, 0.2) is 0 Å². The van der Waals surface area contributed by atoms with Gasteiger partial charge in [0.1, 0.15) is 11.3 Å². The topological polar surface area (TPSA) is 59.2 Å². The van der Waals surface area contributed by atoms with E-state index in [1.807, 2.05) is 18.4 Å². The highest BCUT2D eigenvalue weighted by Crippen LogP contribution is 2.30. The smallest absolute Gasteiger partial charge is 0.252 e. The van der Waals surface area contributed by atoms with E-state index in [-0.39, 0.29) is 0 Å². The molecule has 0 N–H and O–H groups in total. The van der Waals surface area contributed by atoms with Crippen LogP contribution in [0.1, 0.15) is 40.8 Å². The Bertz CT molecular complexity index is 853. The Morgan fingerprint density at radius 3 is 3.00 bits per heavy atom. The van der Waals surface area contributed by atoms with E-state index < -0.39 is 0 Å². The van der Waals surface area contributed by atoms with E-state index in [1.54, 1.807) is 17.7 Å². The summed E-state index contributed by atoms with van der Waals surface area (Å²) in [5, 5.41) is 5.54. The summed E-state index contributed by atoms with van der Waals surface area (Å²) < 4.78 is 3.03. The third-order valence-electron chi connectivity index (χ3n) is 4.47. The molecule has 0 bridgehead atoms. The van der Waals surface area contributed by atoms with Crippen LogP contribution in [0.25, 0.3) is 5.78 Å². The van der Waals surface area contributed by atoms with Gasteiger partial charge in [-0.25, -0.2) is 14.5 Å². The average Bonchev–Trinajstić information content (AvgIpc) is 3.13. The summed E-state index contributed by atoms with van der Waals surface area (Å²) in [5.74, 6) is 1.15. The zero-order chi connectivity index (χ0) is 16.7. The van der Waals surface area contributed by atoms with Crippen LogP contribution in [0, 0.1) is 13.8 Å². The van der Waals surface area contributed by atoms with E-state index in [2.05, 4.69) is 46.9 Å². The lowest BCUT2D eigenvalue weighted by Gasteiger charge is -2.32. The molecule has 1 unspecified atom stereocenters. The molecule has 6 nitrogen and oxygen atoms in total. The highest BCUT2D eigenvalue weighted by molar-refractivity contribution is 9.11. The Kier molecular flexibility index (Phi) is 4.36. The Morgan fingerprint density at radius 1 is 1.33 bits per heavy atom. The Labute approximate surface area is 153 Å². The maximum absolute atomic E-state index is 4.65. The van der Waals surface area contributed by atoms with Crippen molar-refractivity contribution in [3.63, 3.8) is 0 Å². The minimum absolute atomic E-state index is 0.453. The summed E-state index contributed by atoms with van der Waals surface area (Å²) in [4.78, 5) is 15.8. The molecule has 3 aromatic heterocycles. The molecule has 3 aromatic rings. The number of rotatable bonds is 3. The molecular weight excluding hydrogens is 388 g/mol. The minimum atomic E-state index is 0.453. The van der Waals surface area contributed by atoms with E-state index in [0.717, 1.165) is 34.8 Å². The molecular formula is C16H19BrN6S. The third-order valence-corrected chi connectivity index (χ3v) is 6.46. The molecule has 1 atom stereocenters. The lowest BCUT2D eigenvalue weighted by Crippen LogP contribution is -2.34. The van der Waals surface area contributed by atoms with Crippen molar-refractivity contribution in [3.05, 3.63) is 38.3 Å². The van der Waals surface area contributed by atoms with Gasteiger partial charge in [0.25, 0.3) is 5.78 Å². The van der Waals surface area contributed by atoms with Gasteiger partial charge in [-0.2, -0.15) is 10.1 Å². The van der Waals surface area contributed by atoms with Crippen LogP contribution < -0.4 is 0 Å². The van der Waals surface area contributed by atoms with Gasteiger partial charge in [0.2, 0.25) is 0 Å². The molecule has 1 fully saturated rings. The van der Waals surface area contributed by atoms with Gasteiger partial charge in [0, 0.05) is 18.2 Å². The van der Waals surface area contributed by atoms with E-state index in [1.165, 1.54) is 23.5 Å². The van der Waals surface area contributed by atoms with Gasteiger partial charge in [-0.3, -0.25) is 4.90 Å². The molecule has 8 heteroatoms. The molecule has 1 aliphatic rings. The van der Waals surface area contributed by atoms with Crippen molar-refractivity contribution >= 4 is 33.0 Å².